The molecule has 0 aliphatic heterocycles. The van der Waals surface area contributed by atoms with Crippen LogP contribution in [0.2, 0.25) is 0 Å². The Hall–Kier alpha value is -1.55. The van der Waals surface area contributed by atoms with Crippen LogP contribution in [0, 0.1) is 22.7 Å². The van der Waals surface area contributed by atoms with Gasteiger partial charge in [-0.15, -0.1) is 0 Å². The number of hydrogen-bond donors (Lipinski definition) is 1. The minimum absolute atomic E-state index is 0.0518. The van der Waals surface area contributed by atoms with E-state index < -0.39 is 23.5 Å². The van der Waals surface area contributed by atoms with E-state index in [1.807, 2.05) is 13.0 Å². The summed E-state index contributed by atoms with van der Waals surface area (Å²) >= 11 is 0. The number of rotatable bonds is 2. The molecule has 2 fully saturated rings. The van der Waals surface area contributed by atoms with E-state index in [2.05, 4.69) is 13.0 Å². The zero-order valence-electron chi connectivity index (χ0n) is 14.8. The van der Waals surface area contributed by atoms with Crippen LogP contribution in [0.5, 0.6) is 0 Å². The molecule has 0 aromatic heterocycles. The van der Waals surface area contributed by atoms with Crippen LogP contribution in [0.1, 0.15) is 46.0 Å². The van der Waals surface area contributed by atoms with Crippen molar-refractivity contribution in [1.82, 2.24) is 0 Å². The van der Waals surface area contributed by atoms with Gasteiger partial charge in [0.15, 0.2) is 18.2 Å². The van der Waals surface area contributed by atoms with Gasteiger partial charge in [0, 0.05) is 10.8 Å². The fraction of sp³-hybridized carbons (Fsp3) is 0.619. The third kappa shape index (κ3) is 2.00. The molecule has 25 heavy (non-hydrogen) atoms. The monoisotopic (exact) mass is 344 g/mol. The average molecular weight is 344 g/mol. The molecule has 4 aliphatic rings. The highest BCUT2D eigenvalue weighted by Crippen LogP contribution is 2.65. The molecule has 1 N–H and O–H groups in total. The van der Waals surface area contributed by atoms with Gasteiger partial charge in [0.25, 0.3) is 0 Å². The Bertz CT molecular complexity index is 748. The van der Waals surface area contributed by atoms with E-state index >= 15 is 0 Å². The molecule has 4 heteroatoms. The summed E-state index contributed by atoms with van der Waals surface area (Å²) in [5.74, 6) is -0.159. The largest absolute Gasteiger partial charge is 0.381 e. The van der Waals surface area contributed by atoms with Crippen LogP contribution < -0.4 is 0 Å². The Kier molecular flexibility index (Phi) is 3.53. The number of ketones is 2. The summed E-state index contributed by atoms with van der Waals surface area (Å²) in [6.45, 7) is 3.02. The molecule has 0 aromatic carbocycles. The summed E-state index contributed by atoms with van der Waals surface area (Å²) in [5.41, 5.74) is 0.0931. The molecule has 5 atom stereocenters. The minimum Gasteiger partial charge on any atom is -0.381 e. The summed E-state index contributed by atoms with van der Waals surface area (Å²) in [5, 5.41) is 11.0. The smallest absolute Gasteiger partial charge is 0.195 e. The van der Waals surface area contributed by atoms with Crippen LogP contribution in [0.15, 0.2) is 35.5 Å². The molecule has 0 bridgehead atoms. The summed E-state index contributed by atoms with van der Waals surface area (Å²) < 4.78 is 13.1. The first kappa shape index (κ1) is 16.9. The standard InChI is InChI=1S/C21H25FO3/c1-19-8-5-14(23)11-13(19)3-4-15-16(19)6-9-20(2)17(15)7-10-21(20,25)18(24)12-22/h5-6,8,11,15,17,25H,3-4,7,9-10,12H2,1-2H3/t15-,17+,19+,20+,21+/m1/s1. The topological polar surface area (TPSA) is 54.4 Å². The second-order valence-electron chi connectivity index (χ2n) is 8.60. The molecule has 3 nitrogen and oxygen atoms in total. The molecule has 0 amide bonds. The van der Waals surface area contributed by atoms with Crippen LogP contribution in [0.25, 0.3) is 0 Å². The van der Waals surface area contributed by atoms with Crippen molar-refractivity contribution in [3.05, 3.63) is 35.5 Å². The first-order valence-electron chi connectivity index (χ1n) is 9.23. The third-order valence-electron chi connectivity index (χ3n) is 7.68. The number of Topliss-reactive ketones (excluding diaryl/α,β-unsaturated/α-hetero) is 1. The fourth-order valence-electron chi connectivity index (χ4n) is 6.10. The maximum atomic E-state index is 13.1. The lowest BCUT2D eigenvalue weighted by atomic mass is 9.51. The highest BCUT2D eigenvalue weighted by Gasteiger charge is 2.64. The van der Waals surface area contributed by atoms with Crippen molar-refractivity contribution in [2.45, 2.75) is 51.6 Å². The van der Waals surface area contributed by atoms with E-state index in [1.54, 1.807) is 12.2 Å². The number of carbonyl (C=O) groups excluding carboxylic acids is 2. The number of carbonyl (C=O) groups is 2. The van der Waals surface area contributed by atoms with Crippen LogP contribution in [0.3, 0.4) is 0 Å². The van der Waals surface area contributed by atoms with Crippen molar-refractivity contribution < 1.29 is 19.1 Å². The normalized spacial score (nSPS) is 45.2. The molecule has 2 saturated carbocycles. The molecule has 0 spiro atoms. The Balaban J connectivity index is 1.77. The van der Waals surface area contributed by atoms with E-state index in [0.29, 0.717) is 12.8 Å². The quantitative estimate of drug-likeness (QED) is 0.780. The third-order valence-corrected chi connectivity index (χ3v) is 7.68. The van der Waals surface area contributed by atoms with Gasteiger partial charge in [-0.1, -0.05) is 30.2 Å². The molecule has 134 valence electrons. The molecule has 0 radical (unpaired) electrons. The number of fused-ring (bicyclic) bond motifs is 5. The van der Waals surface area contributed by atoms with Crippen molar-refractivity contribution in [3.63, 3.8) is 0 Å². The molecular formula is C21H25FO3. The van der Waals surface area contributed by atoms with Gasteiger partial charge in [-0.3, -0.25) is 9.59 Å². The number of aliphatic hydroxyl groups is 1. The second-order valence-corrected chi connectivity index (χ2v) is 8.60. The van der Waals surface area contributed by atoms with Gasteiger partial charge >= 0.3 is 0 Å². The van der Waals surface area contributed by atoms with Crippen molar-refractivity contribution >= 4 is 11.6 Å². The van der Waals surface area contributed by atoms with Crippen molar-refractivity contribution in [3.8, 4) is 0 Å². The molecule has 0 heterocycles. The van der Waals surface area contributed by atoms with Crippen LogP contribution >= 0.6 is 0 Å². The maximum absolute atomic E-state index is 13.1. The Morgan fingerprint density at radius 1 is 1.36 bits per heavy atom. The Morgan fingerprint density at radius 3 is 2.84 bits per heavy atom. The lowest BCUT2D eigenvalue weighted by molar-refractivity contribution is -0.153. The van der Waals surface area contributed by atoms with E-state index in [-0.39, 0.29) is 23.0 Å². The average Bonchev–Trinajstić information content (AvgIpc) is 2.87. The number of halogens is 1. The molecule has 0 aromatic rings. The lowest BCUT2D eigenvalue weighted by Gasteiger charge is -2.53. The maximum Gasteiger partial charge on any atom is 0.195 e. The van der Waals surface area contributed by atoms with Crippen molar-refractivity contribution in [2.75, 3.05) is 6.67 Å². The van der Waals surface area contributed by atoms with E-state index in [1.165, 1.54) is 11.1 Å². The number of allylic oxidation sites excluding steroid dienone is 6. The molecule has 0 saturated heterocycles. The number of alkyl halides is 1. The zero-order chi connectivity index (χ0) is 18.0. The van der Waals surface area contributed by atoms with E-state index in [9.17, 15) is 19.1 Å². The van der Waals surface area contributed by atoms with Gasteiger partial charge in [-0.05, 0) is 63.0 Å². The highest BCUT2D eigenvalue weighted by molar-refractivity contribution is 6.01. The summed E-state index contributed by atoms with van der Waals surface area (Å²) in [4.78, 5) is 23.9. The fourth-order valence-corrected chi connectivity index (χ4v) is 6.10. The van der Waals surface area contributed by atoms with Crippen LogP contribution in [0.4, 0.5) is 4.39 Å². The van der Waals surface area contributed by atoms with Crippen LogP contribution in [-0.4, -0.2) is 28.9 Å². The van der Waals surface area contributed by atoms with Crippen molar-refractivity contribution in [2.24, 2.45) is 22.7 Å². The summed E-state index contributed by atoms with van der Waals surface area (Å²) in [6.07, 6.45) is 11.1. The van der Waals surface area contributed by atoms with Gasteiger partial charge in [0.05, 0.1) is 0 Å². The van der Waals surface area contributed by atoms with Crippen molar-refractivity contribution in [1.29, 1.82) is 0 Å². The van der Waals surface area contributed by atoms with Crippen LogP contribution in [-0.2, 0) is 9.59 Å². The summed E-state index contributed by atoms with van der Waals surface area (Å²) in [7, 11) is 0. The molecule has 0 unspecified atom stereocenters. The first-order chi connectivity index (χ1) is 11.8. The van der Waals surface area contributed by atoms with E-state index in [4.69, 9.17) is 0 Å². The Morgan fingerprint density at radius 2 is 2.12 bits per heavy atom. The van der Waals surface area contributed by atoms with Gasteiger partial charge in [0.2, 0.25) is 0 Å². The highest BCUT2D eigenvalue weighted by atomic mass is 19.1. The SMILES string of the molecule is C[C@]12C=CC(=O)C=C1CC[C@@H]1C2=CC[C@@]2(C)[C@H]1CC[C@]2(O)C(=O)CF. The minimum atomic E-state index is -1.55. The zero-order valence-corrected chi connectivity index (χ0v) is 14.8. The number of hydrogen-bond acceptors (Lipinski definition) is 3. The molecule has 4 aliphatic carbocycles. The van der Waals surface area contributed by atoms with Gasteiger partial charge in [-0.2, -0.15) is 0 Å². The van der Waals surface area contributed by atoms with E-state index in [0.717, 1.165) is 19.3 Å². The predicted molar refractivity (Wildman–Crippen MR) is 92.5 cm³/mol. The van der Waals surface area contributed by atoms with Gasteiger partial charge in [0.1, 0.15) is 5.60 Å². The first-order valence-corrected chi connectivity index (χ1v) is 9.23. The Labute approximate surface area is 147 Å². The summed E-state index contributed by atoms with van der Waals surface area (Å²) in [6, 6.07) is 0. The molecular weight excluding hydrogens is 319 g/mol. The predicted octanol–water partition coefficient (Wildman–Crippen LogP) is 3.48. The second kappa shape index (κ2) is 5.23. The van der Waals surface area contributed by atoms with Gasteiger partial charge < -0.3 is 5.11 Å². The molecule has 4 rings (SSSR count). The lowest BCUT2D eigenvalue weighted by Crippen LogP contribution is -2.55. The van der Waals surface area contributed by atoms with Gasteiger partial charge in [-0.25, -0.2) is 4.39 Å².